The highest BCUT2D eigenvalue weighted by Crippen LogP contribution is 2.41. The first-order valence-electron chi connectivity index (χ1n) is 11.0. The van der Waals surface area contributed by atoms with Gasteiger partial charge in [-0.1, -0.05) is 60.5 Å². The third-order valence-electron chi connectivity index (χ3n) is 6.56. The SMILES string of the molecule is C[C@@H]1CC[C@@H]2C(=O)N(N(C(=O)c3ccc(Cl)c(Cl)c3)[C@@H](C)C(=O)c3ccccc3)C(=O)[C@H]2C1. The molecule has 0 bridgehead atoms. The van der Waals surface area contributed by atoms with Crippen LogP contribution in [0, 0.1) is 17.8 Å². The van der Waals surface area contributed by atoms with Crippen molar-refractivity contribution in [1.29, 1.82) is 0 Å². The zero-order valence-electron chi connectivity index (χ0n) is 18.3. The van der Waals surface area contributed by atoms with E-state index in [0.29, 0.717) is 24.3 Å². The molecule has 6 nitrogen and oxygen atoms in total. The van der Waals surface area contributed by atoms with Gasteiger partial charge in [0.1, 0.15) is 6.04 Å². The van der Waals surface area contributed by atoms with Crippen LogP contribution in [0.25, 0.3) is 0 Å². The normalized spacial score (nSPS) is 23.3. The number of imide groups is 1. The lowest BCUT2D eigenvalue weighted by Crippen LogP contribution is -2.56. The van der Waals surface area contributed by atoms with Crippen LogP contribution < -0.4 is 0 Å². The molecule has 33 heavy (non-hydrogen) atoms. The Balaban J connectivity index is 1.76. The minimum atomic E-state index is -1.10. The number of hydrazine groups is 1. The summed E-state index contributed by atoms with van der Waals surface area (Å²) in [6.45, 7) is 3.58. The van der Waals surface area contributed by atoms with E-state index in [2.05, 4.69) is 6.92 Å². The van der Waals surface area contributed by atoms with E-state index in [9.17, 15) is 19.2 Å². The summed E-state index contributed by atoms with van der Waals surface area (Å²) >= 11 is 12.1. The van der Waals surface area contributed by atoms with Crippen LogP contribution in [0.3, 0.4) is 0 Å². The molecule has 1 saturated carbocycles. The molecule has 1 heterocycles. The molecule has 0 spiro atoms. The van der Waals surface area contributed by atoms with Crippen molar-refractivity contribution in [2.45, 2.75) is 39.2 Å². The average Bonchev–Trinajstić information content (AvgIpc) is 3.05. The molecule has 0 aromatic heterocycles. The molecular formula is C25H24Cl2N2O4. The van der Waals surface area contributed by atoms with Gasteiger partial charge >= 0.3 is 0 Å². The number of rotatable bonds is 5. The standard InChI is InChI=1S/C25H24Cl2N2O4/c1-14-8-10-18-19(12-14)25(33)29(24(18)32)28(15(2)22(30)16-6-4-3-5-7-16)23(31)17-9-11-20(26)21(27)13-17/h3-7,9,11,13-15,18-19H,8,10,12H2,1-2H3/t14-,15+,18+,19+/m1/s1. The van der Waals surface area contributed by atoms with Crippen LogP contribution in [-0.4, -0.2) is 39.6 Å². The Morgan fingerprint density at radius 2 is 1.61 bits per heavy atom. The summed E-state index contributed by atoms with van der Waals surface area (Å²) in [6, 6.07) is 11.7. The van der Waals surface area contributed by atoms with E-state index in [1.807, 2.05) is 0 Å². The Labute approximate surface area is 202 Å². The van der Waals surface area contributed by atoms with Gasteiger partial charge in [-0.05, 0) is 50.3 Å². The summed E-state index contributed by atoms with van der Waals surface area (Å²) in [5.74, 6) is -2.56. The number of carbonyl (C=O) groups is 4. The van der Waals surface area contributed by atoms with E-state index in [-0.39, 0.29) is 21.4 Å². The number of carbonyl (C=O) groups excluding carboxylic acids is 4. The monoisotopic (exact) mass is 486 g/mol. The molecule has 0 radical (unpaired) electrons. The van der Waals surface area contributed by atoms with Crippen LogP contribution >= 0.6 is 23.2 Å². The van der Waals surface area contributed by atoms with E-state index in [1.165, 1.54) is 25.1 Å². The van der Waals surface area contributed by atoms with Crippen molar-refractivity contribution in [1.82, 2.24) is 10.0 Å². The highest BCUT2D eigenvalue weighted by atomic mass is 35.5. The minimum Gasteiger partial charge on any atom is -0.292 e. The second-order valence-corrected chi connectivity index (χ2v) is 9.62. The van der Waals surface area contributed by atoms with Crippen molar-refractivity contribution in [3.63, 3.8) is 0 Å². The van der Waals surface area contributed by atoms with Gasteiger partial charge in [0, 0.05) is 11.1 Å². The minimum absolute atomic E-state index is 0.126. The van der Waals surface area contributed by atoms with Gasteiger partial charge in [-0.15, -0.1) is 0 Å². The topological polar surface area (TPSA) is 74.8 Å². The summed E-state index contributed by atoms with van der Waals surface area (Å²) in [4.78, 5) is 53.7. The molecule has 4 atom stereocenters. The summed E-state index contributed by atoms with van der Waals surface area (Å²) in [7, 11) is 0. The molecule has 2 fully saturated rings. The number of halogens is 2. The van der Waals surface area contributed by atoms with Gasteiger partial charge in [-0.3, -0.25) is 19.2 Å². The summed E-state index contributed by atoms with van der Waals surface area (Å²) in [5, 5.41) is 2.33. The van der Waals surface area contributed by atoms with E-state index in [4.69, 9.17) is 23.2 Å². The summed E-state index contributed by atoms with van der Waals surface area (Å²) in [5.41, 5.74) is 0.503. The van der Waals surface area contributed by atoms with Crippen molar-refractivity contribution in [3.05, 3.63) is 69.7 Å². The van der Waals surface area contributed by atoms with Crippen molar-refractivity contribution >= 4 is 46.7 Å². The fourth-order valence-corrected chi connectivity index (χ4v) is 5.04. The molecule has 2 aliphatic rings. The first kappa shape index (κ1) is 23.5. The van der Waals surface area contributed by atoms with Gasteiger partial charge < -0.3 is 0 Å². The molecule has 3 amide bonds. The molecule has 1 saturated heterocycles. The molecule has 2 aromatic carbocycles. The van der Waals surface area contributed by atoms with E-state index in [0.717, 1.165) is 16.4 Å². The molecule has 1 aliphatic heterocycles. The largest absolute Gasteiger partial charge is 0.292 e. The first-order valence-corrected chi connectivity index (χ1v) is 11.7. The van der Waals surface area contributed by atoms with E-state index >= 15 is 0 Å². The number of amides is 3. The number of nitrogens with zero attached hydrogens (tertiary/aromatic N) is 2. The number of hydrogen-bond acceptors (Lipinski definition) is 4. The number of hydrogen-bond donors (Lipinski definition) is 0. The Bertz CT molecular complexity index is 1120. The van der Waals surface area contributed by atoms with Crippen LogP contribution in [0.2, 0.25) is 10.0 Å². The quantitative estimate of drug-likeness (QED) is 0.438. The van der Waals surface area contributed by atoms with Crippen LogP contribution in [0.5, 0.6) is 0 Å². The predicted octanol–water partition coefficient (Wildman–Crippen LogP) is 5.04. The van der Waals surface area contributed by atoms with Crippen molar-refractivity contribution in [2.24, 2.45) is 17.8 Å². The lowest BCUT2D eigenvalue weighted by Gasteiger charge is -2.34. The van der Waals surface area contributed by atoms with Crippen molar-refractivity contribution < 1.29 is 19.2 Å². The molecule has 0 unspecified atom stereocenters. The van der Waals surface area contributed by atoms with Crippen LogP contribution in [0.4, 0.5) is 0 Å². The zero-order chi connectivity index (χ0) is 23.9. The Kier molecular flexibility index (Phi) is 6.59. The molecule has 2 aromatic rings. The first-order chi connectivity index (χ1) is 15.7. The molecular weight excluding hydrogens is 463 g/mol. The van der Waals surface area contributed by atoms with Gasteiger partial charge in [-0.25, -0.2) is 5.01 Å². The highest BCUT2D eigenvalue weighted by molar-refractivity contribution is 6.42. The fourth-order valence-electron chi connectivity index (χ4n) is 4.74. The second kappa shape index (κ2) is 9.27. The van der Waals surface area contributed by atoms with Crippen molar-refractivity contribution in [2.75, 3.05) is 0 Å². The average molecular weight is 487 g/mol. The maximum Gasteiger partial charge on any atom is 0.273 e. The van der Waals surface area contributed by atoms with Gasteiger partial charge in [0.25, 0.3) is 17.7 Å². The number of ketones is 1. The summed E-state index contributed by atoms with van der Waals surface area (Å²) in [6.07, 6.45) is 2.01. The number of fused-ring (bicyclic) bond motifs is 1. The maximum absolute atomic E-state index is 13.7. The molecule has 4 rings (SSSR count). The summed E-state index contributed by atoms with van der Waals surface area (Å²) < 4.78 is 0. The van der Waals surface area contributed by atoms with Gasteiger partial charge in [-0.2, -0.15) is 5.01 Å². The van der Waals surface area contributed by atoms with Crippen molar-refractivity contribution in [3.8, 4) is 0 Å². The van der Waals surface area contributed by atoms with E-state index in [1.54, 1.807) is 30.3 Å². The lowest BCUT2D eigenvalue weighted by molar-refractivity contribution is -0.156. The zero-order valence-corrected chi connectivity index (χ0v) is 19.8. The molecule has 8 heteroatoms. The fraction of sp³-hybridized carbons (Fsp3) is 0.360. The molecule has 1 aliphatic carbocycles. The Morgan fingerprint density at radius 1 is 0.939 bits per heavy atom. The Morgan fingerprint density at radius 3 is 2.27 bits per heavy atom. The number of benzene rings is 2. The predicted molar refractivity (Wildman–Crippen MR) is 125 cm³/mol. The smallest absolute Gasteiger partial charge is 0.273 e. The van der Waals surface area contributed by atoms with E-state index < -0.39 is 35.6 Å². The van der Waals surface area contributed by atoms with Crippen LogP contribution in [0.1, 0.15) is 53.8 Å². The third-order valence-corrected chi connectivity index (χ3v) is 7.30. The number of Topliss-reactive ketones (excluding diaryl/α,β-unsaturated/α-hetero) is 1. The van der Waals surface area contributed by atoms with Gasteiger partial charge in [0.05, 0.1) is 21.9 Å². The van der Waals surface area contributed by atoms with Gasteiger partial charge in [0.2, 0.25) is 0 Å². The lowest BCUT2D eigenvalue weighted by atomic mass is 9.76. The molecule has 172 valence electrons. The third kappa shape index (κ3) is 4.30. The molecule has 0 N–H and O–H groups in total. The highest BCUT2D eigenvalue weighted by Gasteiger charge is 2.54. The van der Waals surface area contributed by atoms with Crippen LogP contribution in [-0.2, 0) is 9.59 Å². The second-order valence-electron chi connectivity index (χ2n) is 8.80. The van der Waals surface area contributed by atoms with Gasteiger partial charge in [0.15, 0.2) is 5.78 Å². The Hall–Kier alpha value is -2.70. The maximum atomic E-state index is 13.7. The van der Waals surface area contributed by atoms with Crippen LogP contribution in [0.15, 0.2) is 48.5 Å².